The highest BCUT2D eigenvalue weighted by Crippen LogP contribution is 2.36. The van der Waals surface area contributed by atoms with Crippen molar-refractivity contribution in [1.82, 2.24) is 4.98 Å². The molecule has 0 spiro atoms. The molecule has 0 radical (unpaired) electrons. The van der Waals surface area contributed by atoms with E-state index in [-0.39, 0.29) is 0 Å². The number of fused-ring (bicyclic) bond motifs is 1. The van der Waals surface area contributed by atoms with Gasteiger partial charge in [-0.05, 0) is 60.7 Å². The first kappa shape index (κ1) is 22.2. The molecule has 0 N–H and O–H groups in total. The van der Waals surface area contributed by atoms with Crippen molar-refractivity contribution in [2.24, 2.45) is 0 Å². The Kier molecular flexibility index (Phi) is 7.33. The molecule has 0 unspecified atom stereocenters. The van der Waals surface area contributed by atoms with Gasteiger partial charge in [0.1, 0.15) is 12.7 Å². The Morgan fingerprint density at radius 3 is 2.69 bits per heavy atom. The standard InChI is InChI=1S/C25H19ClN2O2S2/c1-2-29-23-14-17(11-12-22(23)30-16-18-7-3-4-8-20(18)26)13-19(15-27)31-25-28-21-9-5-6-10-24(21)32-25/h3-14H,2,16H2,1H3/b19-13+. The highest BCUT2D eigenvalue weighted by Gasteiger charge is 2.10. The van der Waals surface area contributed by atoms with Gasteiger partial charge in [0.15, 0.2) is 15.8 Å². The molecule has 0 atom stereocenters. The van der Waals surface area contributed by atoms with E-state index in [4.69, 9.17) is 21.1 Å². The summed E-state index contributed by atoms with van der Waals surface area (Å²) in [4.78, 5) is 5.15. The molecule has 4 nitrogen and oxygen atoms in total. The van der Waals surface area contributed by atoms with Crippen molar-refractivity contribution in [2.45, 2.75) is 17.9 Å². The number of hydrogen-bond donors (Lipinski definition) is 0. The van der Waals surface area contributed by atoms with Crippen LogP contribution in [0.1, 0.15) is 18.1 Å². The topological polar surface area (TPSA) is 55.1 Å². The molecule has 4 aromatic rings. The number of rotatable bonds is 8. The molecule has 0 bridgehead atoms. The van der Waals surface area contributed by atoms with Crippen LogP contribution in [0.15, 0.2) is 76.0 Å². The summed E-state index contributed by atoms with van der Waals surface area (Å²) in [5, 5.41) is 10.3. The average molecular weight is 479 g/mol. The van der Waals surface area contributed by atoms with E-state index in [2.05, 4.69) is 11.1 Å². The van der Waals surface area contributed by atoms with Crippen LogP contribution in [0.5, 0.6) is 11.5 Å². The molecule has 1 heterocycles. The number of nitrogens with zero attached hydrogens (tertiary/aromatic N) is 2. The van der Waals surface area contributed by atoms with Gasteiger partial charge in [-0.1, -0.05) is 48.0 Å². The molecular weight excluding hydrogens is 460 g/mol. The molecule has 1 aromatic heterocycles. The van der Waals surface area contributed by atoms with Gasteiger partial charge in [-0.3, -0.25) is 0 Å². The van der Waals surface area contributed by atoms with Crippen LogP contribution in [0.2, 0.25) is 5.02 Å². The molecule has 160 valence electrons. The van der Waals surface area contributed by atoms with Crippen molar-refractivity contribution in [3.8, 4) is 17.6 Å². The second kappa shape index (κ2) is 10.6. The predicted molar refractivity (Wildman–Crippen MR) is 132 cm³/mol. The first-order valence-corrected chi connectivity index (χ1v) is 12.0. The molecule has 0 fully saturated rings. The van der Waals surface area contributed by atoms with Crippen molar-refractivity contribution in [3.63, 3.8) is 0 Å². The molecule has 0 amide bonds. The Hall–Kier alpha value is -2.98. The monoisotopic (exact) mass is 478 g/mol. The molecule has 7 heteroatoms. The minimum Gasteiger partial charge on any atom is -0.490 e. The fraction of sp³-hybridized carbons (Fsp3) is 0.120. The van der Waals surface area contributed by atoms with Crippen molar-refractivity contribution in [1.29, 1.82) is 5.26 Å². The van der Waals surface area contributed by atoms with Gasteiger partial charge >= 0.3 is 0 Å². The summed E-state index contributed by atoms with van der Waals surface area (Å²) < 4.78 is 13.7. The maximum absolute atomic E-state index is 9.66. The quantitative estimate of drug-likeness (QED) is 0.193. The second-order valence-corrected chi connectivity index (χ2v) is 9.42. The Labute approximate surface area is 200 Å². The number of hydrogen-bond acceptors (Lipinski definition) is 6. The zero-order chi connectivity index (χ0) is 22.3. The van der Waals surface area contributed by atoms with Crippen LogP contribution in [0.4, 0.5) is 0 Å². The largest absolute Gasteiger partial charge is 0.490 e. The molecule has 0 saturated heterocycles. The number of aromatic nitrogens is 1. The summed E-state index contributed by atoms with van der Waals surface area (Å²) in [6, 6.07) is 23.4. The first-order chi connectivity index (χ1) is 15.7. The van der Waals surface area contributed by atoms with Gasteiger partial charge in [0.2, 0.25) is 0 Å². The van der Waals surface area contributed by atoms with Gasteiger partial charge in [0.05, 0.1) is 21.7 Å². The van der Waals surface area contributed by atoms with E-state index in [0.717, 1.165) is 25.7 Å². The zero-order valence-corrected chi connectivity index (χ0v) is 19.6. The smallest absolute Gasteiger partial charge is 0.161 e. The number of para-hydroxylation sites is 1. The summed E-state index contributed by atoms with van der Waals surface area (Å²) in [7, 11) is 0. The molecule has 3 aromatic carbocycles. The van der Waals surface area contributed by atoms with E-state index < -0.39 is 0 Å². The Morgan fingerprint density at radius 1 is 1.09 bits per heavy atom. The van der Waals surface area contributed by atoms with Gasteiger partial charge in [0, 0.05) is 10.6 Å². The number of ether oxygens (including phenoxy) is 2. The second-order valence-electron chi connectivity index (χ2n) is 6.69. The molecule has 32 heavy (non-hydrogen) atoms. The third-order valence-corrected chi connectivity index (χ3v) is 6.88. The van der Waals surface area contributed by atoms with Crippen LogP contribution in [0, 0.1) is 11.3 Å². The van der Waals surface area contributed by atoms with Crippen LogP contribution < -0.4 is 9.47 Å². The number of halogens is 1. The van der Waals surface area contributed by atoms with Gasteiger partial charge in [-0.25, -0.2) is 4.98 Å². The summed E-state index contributed by atoms with van der Waals surface area (Å²) >= 11 is 9.16. The summed E-state index contributed by atoms with van der Waals surface area (Å²) in [6.07, 6.45) is 1.83. The van der Waals surface area contributed by atoms with Crippen LogP contribution in [-0.4, -0.2) is 11.6 Å². The SMILES string of the molecule is CCOc1cc(/C=C(\C#N)Sc2nc3ccccc3s2)ccc1OCc1ccccc1Cl. The molecule has 0 aliphatic rings. The van der Waals surface area contributed by atoms with Crippen molar-refractivity contribution < 1.29 is 9.47 Å². The molecule has 0 saturated carbocycles. The number of nitriles is 1. The third kappa shape index (κ3) is 5.43. The minimum absolute atomic E-state index is 0.339. The normalized spacial score (nSPS) is 11.3. The van der Waals surface area contributed by atoms with E-state index in [0.29, 0.717) is 34.6 Å². The number of benzene rings is 3. The lowest BCUT2D eigenvalue weighted by Crippen LogP contribution is -2.00. The summed E-state index contributed by atoms with van der Waals surface area (Å²) in [6.45, 7) is 2.76. The van der Waals surface area contributed by atoms with E-state index >= 15 is 0 Å². The molecule has 0 aliphatic carbocycles. The van der Waals surface area contributed by atoms with E-state index in [1.807, 2.05) is 79.7 Å². The van der Waals surface area contributed by atoms with Crippen molar-refractivity contribution >= 4 is 51.0 Å². The third-order valence-electron chi connectivity index (χ3n) is 4.49. The van der Waals surface area contributed by atoms with Crippen molar-refractivity contribution in [2.75, 3.05) is 6.61 Å². The fourth-order valence-corrected chi connectivity index (χ4v) is 5.16. The van der Waals surface area contributed by atoms with Gasteiger partial charge < -0.3 is 9.47 Å². The van der Waals surface area contributed by atoms with Crippen LogP contribution in [-0.2, 0) is 6.61 Å². The van der Waals surface area contributed by atoms with Crippen LogP contribution in [0.3, 0.4) is 0 Å². The highest BCUT2D eigenvalue weighted by atomic mass is 35.5. The lowest BCUT2D eigenvalue weighted by Gasteiger charge is -2.13. The molecule has 0 aliphatic heterocycles. The van der Waals surface area contributed by atoms with E-state index in [9.17, 15) is 5.26 Å². The van der Waals surface area contributed by atoms with Crippen LogP contribution in [0.25, 0.3) is 16.3 Å². The first-order valence-electron chi connectivity index (χ1n) is 9.94. The maximum Gasteiger partial charge on any atom is 0.161 e. The minimum atomic E-state index is 0.339. The fourth-order valence-electron chi connectivity index (χ4n) is 3.00. The van der Waals surface area contributed by atoms with Gasteiger partial charge in [0.25, 0.3) is 0 Å². The highest BCUT2D eigenvalue weighted by molar-refractivity contribution is 8.05. The lowest BCUT2D eigenvalue weighted by atomic mass is 10.2. The predicted octanol–water partition coefficient (Wildman–Crippen LogP) is 7.58. The lowest BCUT2D eigenvalue weighted by molar-refractivity contribution is 0.269. The summed E-state index contributed by atoms with van der Waals surface area (Å²) in [5.74, 6) is 1.25. The average Bonchev–Trinajstić information content (AvgIpc) is 3.21. The zero-order valence-electron chi connectivity index (χ0n) is 17.2. The Balaban J connectivity index is 1.54. The Bertz CT molecular complexity index is 1280. The molecular formula is C25H19ClN2O2S2. The van der Waals surface area contributed by atoms with E-state index in [1.54, 1.807) is 11.3 Å². The van der Waals surface area contributed by atoms with Crippen LogP contribution >= 0.6 is 34.7 Å². The van der Waals surface area contributed by atoms with E-state index in [1.165, 1.54) is 11.8 Å². The van der Waals surface area contributed by atoms with Gasteiger partial charge in [-0.2, -0.15) is 5.26 Å². The Morgan fingerprint density at radius 2 is 1.91 bits per heavy atom. The maximum atomic E-state index is 9.66. The van der Waals surface area contributed by atoms with Crippen molar-refractivity contribution in [3.05, 3.63) is 87.8 Å². The molecule has 4 rings (SSSR count). The number of thiazole rings is 1. The summed E-state index contributed by atoms with van der Waals surface area (Å²) in [5.41, 5.74) is 2.69. The number of thioether (sulfide) groups is 1. The number of allylic oxidation sites excluding steroid dienone is 1. The van der Waals surface area contributed by atoms with Gasteiger partial charge in [-0.15, -0.1) is 11.3 Å².